The molecule has 0 aliphatic rings. The Morgan fingerprint density at radius 3 is 1.97 bits per heavy atom. The van der Waals surface area contributed by atoms with Crippen LogP contribution < -0.4 is 5.32 Å². The summed E-state index contributed by atoms with van der Waals surface area (Å²) in [5, 5.41) is 1.25. The Morgan fingerprint density at radius 2 is 1.49 bits per heavy atom. The number of hydrogen-bond acceptors (Lipinski definition) is 2. The molecule has 0 heterocycles. The van der Waals surface area contributed by atoms with Crippen LogP contribution in [0.3, 0.4) is 0 Å². The largest absolute Gasteiger partial charge is 0.405 e. The van der Waals surface area contributed by atoms with Crippen molar-refractivity contribution in [2.24, 2.45) is 5.41 Å². The molecule has 0 saturated heterocycles. The minimum Gasteiger partial charge on any atom is -0.347 e. The van der Waals surface area contributed by atoms with Crippen LogP contribution in [0.5, 0.6) is 0 Å². The van der Waals surface area contributed by atoms with Crippen molar-refractivity contribution in [3.8, 4) is 0 Å². The summed E-state index contributed by atoms with van der Waals surface area (Å²) < 4.78 is 78.3. The molecule has 1 amide bonds. The van der Waals surface area contributed by atoms with E-state index in [2.05, 4.69) is 0 Å². The van der Waals surface area contributed by atoms with E-state index in [1.807, 2.05) is 0 Å². The summed E-state index contributed by atoms with van der Waals surface area (Å²) in [4.78, 5) is 24.8. The number of allylic oxidation sites excluding steroid dienone is 1. The number of carbonyl (C=O) groups is 2. The number of amides is 1. The van der Waals surface area contributed by atoms with E-state index in [0.29, 0.717) is 0 Å². The predicted molar refractivity (Wildman–Crippen MR) is 133 cm³/mol. The van der Waals surface area contributed by atoms with Gasteiger partial charge in [0.2, 0.25) is 5.91 Å². The Bertz CT molecular complexity index is 1190. The van der Waals surface area contributed by atoms with Crippen molar-refractivity contribution in [1.29, 1.82) is 0 Å². The third kappa shape index (κ3) is 8.80. The summed E-state index contributed by atoms with van der Waals surface area (Å²) in [6.07, 6.45) is -7.77. The third-order valence-electron chi connectivity index (χ3n) is 5.16. The van der Waals surface area contributed by atoms with E-state index in [4.69, 9.17) is 46.4 Å². The summed E-state index contributed by atoms with van der Waals surface area (Å²) in [5.74, 6) is -3.70. The monoisotopic (exact) mass is 607 g/mol. The first-order chi connectivity index (χ1) is 16.8. The van der Waals surface area contributed by atoms with Crippen molar-refractivity contribution in [2.75, 3.05) is 6.54 Å². The maximum atomic E-state index is 13.7. The highest BCUT2D eigenvalue weighted by atomic mass is 35.5. The van der Waals surface area contributed by atoms with E-state index < -0.39 is 48.3 Å². The molecule has 3 nitrogen and oxygen atoms in total. The number of alkyl halides is 6. The van der Waals surface area contributed by atoms with Gasteiger partial charge in [-0.3, -0.25) is 9.59 Å². The molecule has 13 heteroatoms. The maximum Gasteiger partial charge on any atom is 0.405 e. The number of benzene rings is 2. The molecule has 0 spiro atoms. The molecule has 0 aromatic heterocycles. The molecule has 0 saturated carbocycles. The first-order valence-corrected chi connectivity index (χ1v) is 11.9. The van der Waals surface area contributed by atoms with Crippen molar-refractivity contribution < 1.29 is 35.9 Å². The number of Topliss-reactive ketones (excluding diaryl/α,β-unsaturated/α-hetero) is 1. The van der Waals surface area contributed by atoms with Crippen LogP contribution in [-0.2, 0) is 4.79 Å². The average molecular weight is 609 g/mol. The lowest BCUT2D eigenvalue weighted by molar-refractivity contribution is -0.143. The van der Waals surface area contributed by atoms with Gasteiger partial charge in [0, 0.05) is 12.0 Å². The molecular formula is C24H19Cl4F6NO2. The Kier molecular flexibility index (Phi) is 10.0. The second-order valence-corrected chi connectivity index (χ2v) is 10.3. The van der Waals surface area contributed by atoms with Gasteiger partial charge in [-0.1, -0.05) is 78.5 Å². The topological polar surface area (TPSA) is 46.2 Å². The van der Waals surface area contributed by atoms with Crippen molar-refractivity contribution in [3.05, 3.63) is 73.2 Å². The van der Waals surface area contributed by atoms with Crippen LogP contribution in [0.25, 0.3) is 6.08 Å². The fourth-order valence-corrected chi connectivity index (χ4v) is 4.14. The van der Waals surface area contributed by atoms with Gasteiger partial charge in [0.1, 0.15) is 6.54 Å². The third-order valence-corrected chi connectivity index (χ3v) is 6.67. The maximum absolute atomic E-state index is 13.7. The van der Waals surface area contributed by atoms with Crippen LogP contribution in [0.1, 0.15) is 47.7 Å². The molecule has 0 bridgehead atoms. The van der Waals surface area contributed by atoms with E-state index in [1.165, 1.54) is 32.0 Å². The minimum absolute atomic E-state index is 0.0425. The van der Waals surface area contributed by atoms with Gasteiger partial charge in [0.05, 0.1) is 31.4 Å². The van der Waals surface area contributed by atoms with Crippen molar-refractivity contribution >= 4 is 64.2 Å². The zero-order valence-corrected chi connectivity index (χ0v) is 22.2. The quantitative estimate of drug-likeness (QED) is 0.185. The molecule has 0 radical (unpaired) electrons. The average Bonchev–Trinajstić information content (AvgIpc) is 2.74. The van der Waals surface area contributed by atoms with Gasteiger partial charge in [-0.25, -0.2) is 0 Å². The number of hydrogen-bond donors (Lipinski definition) is 1. The van der Waals surface area contributed by atoms with E-state index in [1.54, 1.807) is 5.32 Å². The van der Waals surface area contributed by atoms with Gasteiger partial charge in [0.15, 0.2) is 5.78 Å². The smallest absolute Gasteiger partial charge is 0.347 e. The summed E-state index contributed by atoms with van der Waals surface area (Å²) in [5.41, 5.74) is -1.54. The molecule has 1 atom stereocenters. The van der Waals surface area contributed by atoms with E-state index in [9.17, 15) is 35.9 Å². The summed E-state index contributed by atoms with van der Waals surface area (Å²) in [7, 11) is 0. The van der Waals surface area contributed by atoms with Gasteiger partial charge in [-0.2, -0.15) is 26.3 Å². The molecule has 0 aliphatic heterocycles. The van der Waals surface area contributed by atoms with Crippen molar-refractivity contribution in [2.45, 2.75) is 38.5 Å². The Labute approximate surface area is 228 Å². The van der Waals surface area contributed by atoms with Gasteiger partial charge >= 0.3 is 12.4 Å². The molecule has 0 aliphatic carbocycles. The fraction of sp³-hybridized carbons (Fsp3) is 0.333. The van der Waals surface area contributed by atoms with Crippen LogP contribution in [-0.4, -0.2) is 30.6 Å². The standard InChI is InChI=1S/C24H19Cl4F6NO2/c1-22(2,21(37)35-11-23(29,30)31)10-19(36)14-5-3-12(7-16(14)25)4-6-15(24(32,33)34)13-8-17(26)20(28)18(27)9-13/h3-9,15H,10-11H2,1-2H3,(H,35,37)/b6-4+. The van der Waals surface area contributed by atoms with Gasteiger partial charge in [-0.05, 0) is 35.4 Å². The first kappa shape index (κ1) is 31.3. The van der Waals surface area contributed by atoms with Crippen LogP contribution in [0.4, 0.5) is 26.3 Å². The highest BCUT2D eigenvalue weighted by Gasteiger charge is 2.39. The zero-order valence-electron chi connectivity index (χ0n) is 19.1. The van der Waals surface area contributed by atoms with E-state index in [-0.39, 0.29) is 36.8 Å². The molecule has 0 fully saturated rings. The van der Waals surface area contributed by atoms with Crippen molar-refractivity contribution in [3.63, 3.8) is 0 Å². The van der Waals surface area contributed by atoms with Crippen molar-refractivity contribution in [1.82, 2.24) is 5.32 Å². The van der Waals surface area contributed by atoms with Crippen LogP contribution in [0.15, 0.2) is 36.4 Å². The fourth-order valence-electron chi connectivity index (χ4n) is 3.23. The molecular weight excluding hydrogens is 590 g/mol. The van der Waals surface area contributed by atoms with Gasteiger partial charge in [0.25, 0.3) is 0 Å². The lowest BCUT2D eigenvalue weighted by Crippen LogP contribution is -2.42. The number of halogens is 10. The molecule has 2 aromatic rings. The van der Waals surface area contributed by atoms with Gasteiger partial charge < -0.3 is 5.32 Å². The Hall–Kier alpha value is -1.94. The van der Waals surface area contributed by atoms with E-state index in [0.717, 1.165) is 24.3 Å². The van der Waals surface area contributed by atoms with Crippen LogP contribution in [0.2, 0.25) is 20.1 Å². The number of ketones is 1. The molecule has 37 heavy (non-hydrogen) atoms. The number of nitrogens with one attached hydrogen (secondary N) is 1. The SMILES string of the molecule is CC(C)(CC(=O)c1ccc(/C=C/C(c2cc(Cl)c(Cl)c(Cl)c2)C(F)(F)F)cc1Cl)C(=O)NCC(F)(F)F. The highest BCUT2D eigenvalue weighted by molar-refractivity contribution is 6.48. The zero-order chi connectivity index (χ0) is 28.3. The summed E-state index contributed by atoms with van der Waals surface area (Å²) in [6, 6.07) is 5.95. The Morgan fingerprint density at radius 1 is 0.919 bits per heavy atom. The molecule has 1 unspecified atom stereocenters. The summed E-state index contributed by atoms with van der Waals surface area (Å²) >= 11 is 23.7. The highest BCUT2D eigenvalue weighted by Crippen LogP contribution is 2.41. The minimum atomic E-state index is -4.70. The number of rotatable bonds is 8. The normalized spacial score (nSPS) is 13.6. The second-order valence-electron chi connectivity index (χ2n) is 8.70. The molecule has 2 aromatic carbocycles. The molecule has 2 rings (SSSR count). The molecule has 202 valence electrons. The predicted octanol–water partition coefficient (Wildman–Crippen LogP) is 8.94. The lowest BCUT2D eigenvalue weighted by Gasteiger charge is -2.23. The Balaban J connectivity index is 2.24. The first-order valence-electron chi connectivity index (χ1n) is 10.4. The lowest BCUT2D eigenvalue weighted by atomic mass is 9.84. The van der Waals surface area contributed by atoms with Gasteiger partial charge in [-0.15, -0.1) is 0 Å². The molecule has 1 N–H and O–H groups in total. The number of carbonyl (C=O) groups excluding carboxylic acids is 2. The summed E-state index contributed by atoms with van der Waals surface area (Å²) in [6.45, 7) is 1.06. The van der Waals surface area contributed by atoms with Crippen LogP contribution >= 0.6 is 46.4 Å². The van der Waals surface area contributed by atoms with Crippen LogP contribution in [0, 0.1) is 5.41 Å². The second kappa shape index (κ2) is 11.8. The van der Waals surface area contributed by atoms with E-state index >= 15 is 0 Å².